The Morgan fingerprint density at radius 1 is 1.46 bits per heavy atom. The lowest BCUT2D eigenvalue weighted by molar-refractivity contribution is -0.134. The molecule has 1 N–H and O–H groups in total. The van der Waals surface area contributed by atoms with Gasteiger partial charge in [0, 0.05) is 25.7 Å². The van der Waals surface area contributed by atoms with Crippen molar-refractivity contribution in [1.29, 1.82) is 0 Å². The summed E-state index contributed by atoms with van der Waals surface area (Å²) >= 11 is 0. The van der Waals surface area contributed by atoms with Crippen molar-refractivity contribution < 1.29 is 4.79 Å². The maximum Gasteiger partial charge on any atom is 0.236 e. The largest absolute Gasteiger partial charge is 0.336 e. The monoisotopic (exact) mass is 183 g/mol. The van der Waals surface area contributed by atoms with Crippen molar-refractivity contribution in [1.82, 2.24) is 15.1 Å². The van der Waals surface area contributed by atoms with Gasteiger partial charge >= 0.3 is 0 Å². The number of nitrogens with one attached hydrogen (secondary N) is 1. The molecule has 1 atom stereocenters. The van der Waals surface area contributed by atoms with Crippen LogP contribution in [0.2, 0.25) is 0 Å². The Morgan fingerprint density at radius 2 is 2.31 bits per heavy atom. The maximum atomic E-state index is 11.5. The molecule has 2 aliphatic heterocycles. The standard InChI is InChI=1S/C9H17N3O/c1-11-4-2-8(7-11)12-5-3-10-6-9(12)13/h8,10H,2-7H2,1H3. The molecule has 0 saturated carbocycles. The van der Waals surface area contributed by atoms with E-state index in [9.17, 15) is 4.79 Å². The Labute approximate surface area is 78.9 Å². The Morgan fingerprint density at radius 3 is 2.92 bits per heavy atom. The molecule has 0 aromatic rings. The van der Waals surface area contributed by atoms with Gasteiger partial charge in [0.1, 0.15) is 0 Å². The Bertz CT molecular complexity index is 207. The molecule has 4 nitrogen and oxygen atoms in total. The molecule has 0 aliphatic carbocycles. The van der Waals surface area contributed by atoms with E-state index in [1.165, 1.54) is 0 Å². The lowest BCUT2D eigenvalue weighted by Gasteiger charge is -2.32. The number of rotatable bonds is 1. The number of likely N-dealkylation sites (N-methyl/N-ethyl adjacent to an activating group) is 1. The second kappa shape index (κ2) is 3.64. The van der Waals surface area contributed by atoms with E-state index in [1.54, 1.807) is 0 Å². The van der Waals surface area contributed by atoms with Crippen LogP contribution in [0.3, 0.4) is 0 Å². The van der Waals surface area contributed by atoms with E-state index in [2.05, 4.69) is 17.3 Å². The molecule has 74 valence electrons. The van der Waals surface area contributed by atoms with Crippen molar-refractivity contribution >= 4 is 5.91 Å². The van der Waals surface area contributed by atoms with E-state index in [4.69, 9.17) is 0 Å². The first-order chi connectivity index (χ1) is 6.27. The molecule has 2 aliphatic rings. The van der Waals surface area contributed by atoms with Crippen LogP contribution in [0.5, 0.6) is 0 Å². The Balaban J connectivity index is 1.95. The molecule has 0 bridgehead atoms. The predicted octanol–water partition coefficient (Wildman–Crippen LogP) is -0.878. The predicted molar refractivity (Wildman–Crippen MR) is 50.5 cm³/mol. The maximum absolute atomic E-state index is 11.5. The third-order valence-electron chi connectivity index (χ3n) is 2.93. The van der Waals surface area contributed by atoms with Crippen LogP contribution < -0.4 is 5.32 Å². The number of nitrogens with zero attached hydrogens (tertiary/aromatic N) is 2. The first kappa shape index (κ1) is 8.97. The summed E-state index contributed by atoms with van der Waals surface area (Å²) in [7, 11) is 2.12. The second-order valence-corrected chi connectivity index (χ2v) is 3.97. The normalized spacial score (nSPS) is 31.3. The molecule has 2 fully saturated rings. The van der Waals surface area contributed by atoms with Gasteiger partial charge in [-0.25, -0.2) is 0 Å². The zero-order valence-electron chi connectivity index (χ0n) is 8.12. The van der Waals surface area contributed by atoms with Crippen molar-refractivity contribution in [2.24, 2.45) is 0 Å². The first-order valence-electron chi connectivity index (χ1n) is 4.96. The van der Waals surface area contributed by atoms with Crippen molar-refractivity contribution in [3.63, 3.8) is 0 Å². The SMILES string of the molecule is CN1CCC(N2CCNCC2=O)C1. The molecule has 1 unspecified atom stereocenters. The minimum atomic E-state index is 0.270. The van der Waals surface area contributed by atoms with Gasteiger partial charge in [-0.2, -0.15) is 0 Å². The number of piperazine rings is 1. The van der Waals surface area contributed by atoms with Gasteiger partial charge in [0.2, 0.25) is 5.91 Å². The summed E-state index contributed by atoms with van der Waals surface area (Å²) in [5, 5.41) is 3.09. The van der Waals surface area contributed by atoms with Gasteiger partial charge in [-0.05, 0) is 20.0 Å². The summed E-state index contributed by atoms with van der Waals surface area (Å²) < 4.78 is 0. The number of likely N-dealkylation sites (tertiary alicyclic amines) is 1. The number of carbonyl (C=O) groups excluding carboxylic acids is 1. The van der Waals surface area contributed by atoms with Crippen molar-refractivity contribution in [2.75, 3.05) is 39.8 Å². The van der Waals surface area contributed by atoms with Gasteiger partial charge < -0.3 is 15.1 Å². The fourth-order valence-corrected chi connectivity index (χ4v) is 2.17. The van der Waals surface area contributed by atoms with Gasteiger partial charge in [0.15, 0.2) is 0 Å². The number of carbonyl (C=O) groups is 1. The highest BCUT2D eigenvalue weighted by molar-refractivity contribution is 5.79. The molecule has 1 amide bonds. The lowest BCUT2D eigenvalue weighted by atomic mass is 10.2. The quantitative estimate of drug-likeness (QED) is 0.573. The highest BCUT2D eigenvalue weighted by Gasteiger charge is 2.29. The molecule has 2 heterocycles. The zero-order valence-corrected chi connectivity index (χ0v) is 8.12. The fraction of sp³-hybridized carbons (Fsp3) is 0.889. The number of amides is 1. The van der Waals surface area contributed by atoms with Crippen molar-refractivity contribution in [3.05, 3.63) is 0 Å². The summed E-state index contributed by atoms with van der Waals surface area (Å²) in [4.78, 5) is 15.9. The zero-order chi connectivity index (χ0) is 9.26. The fourth-order valence-electron chi connectivity index (χ4n) is 2.17. The topological polar surface area (TPSA) is 35.6 Å². The van der Waals surface area contributed by atoms with Gasteiger partial charge in [-0.1, -0.05) is 0 Å². The highest BCUT2D eigenvalue weighted by Crippen LogP contribution is 2.14. The number of hydrogen-bond acceptors (Lipinski definition) is 3. The van der Waals surface area contributed by atoms with Crippen LogP contribution in [0.1, 0.15) is 6.42 Å². The van der Waals surface area contributed by atoms with Crippen LogP contribution in [0.15, 0.2) is 0 Å². The molecule has 4 heteroatoms. The minimum Gasteiger partial charge on any atom is -0.336 e. The average molecular weight is 183 g/mol. The lowest BCUT2D eigenvalue weighted by Crippen LogP contribution is -2.53. The van der Waals surface area contributed by atoms with Gasteiger partial charge in [-0.3, -0.25) is 4.79 Å². The molecule has 0 aromatic heterocycles. The molecule has 0 radical (unpaired) electrons. The van der Waals surface area contributed by atoms with E-state index < -0.39 is 0 Å². The smallest absolute Gasteiger partial charge is 0.236 e. The second-order valence-electron chi connectivity index (χ2n) is 3.97. The average Bonchev–Trinajstić information content (AvgIpc) is 2.53. The van der Waals surface area contributed by atoms with E-state index in [-0.39, 0.29) is 5.91 Å². The molecule has 2 rings (SSSR count). The first-order valence-corrected chi connectivity index (χ1v) is 4.96. The molecule has 0 aromatic carbocycles. The minimum absolute atomic E-state index is 0.270. The van der Waals surface area contributed by atoms with E-state index in [1.807, 2.05) is 4.90 Å². The highest BCUT2D eigenvalue weighted by atomic mass is 16.2. The summed E-state index contributed by atoms with van der Waals surface area (Å²) in [6, 6.07) is 0.472. The van der Waals surface area contributed by atoms with Crippen LogP contribution in [0, 0.1) is 0 Å². The molecule has 13 heavy (non-hydrogen) atoms. The summed E-state index contributed by atoms with van der Waals surface area (Å²) in [5.74, 6) is 0.270. The van der Waals surface area contributed by atoms with Gasteiger partial charge in [0.05, 0.1) is 6.54 Å². The third-order valence-corrected chi connectivity index (χ3v) is 2.93. The summed E-state index contributed by atoms with van der Waals surface area (Å²) in [5.41, 5.74) is 0. The van der Waals surface area contributed by atoms with Gasteiger partial charge in [0.25, 0.3) is 0 Å². The van der Waals surface area contributed by atoms with Crippen molar-refractivity contribution in [3.8, 4) is 0 Å². The molecular formula is C9H17N3O. The van der Waals surface area contributed by atoms with Crippen molar-refractivity contribution in [2.45, 2.75) is 12.5 Å². The van der Waals surface area contributed by atoms with E-state index >= 15 is 0 Å². The Hall–Kier alpha value is -0.610. The van der Waals surface area contributed by atoms with E-state index in [0.29, 0.717) is 12.6 Å². The molecule has 2 saturated heterocycles. The van der Waals surface area contributed by atoms with E-state index in [0.717, 1.165) is 32.6 Å². The summed E-state index contributed by atoms with van der Waals surface area (Å²) in [6.45, 7) is 4.54. The van der Waals surface area contributed by atoms with Crippen LogP contribution >= 0.6 is 0 Å². The third kappa shape index (κ3) is 1.84. The summed E-state index contributed by atoms with van der Waals surface area (Å²) in [6.07, 6.45) is 1.14. The van der Waals surface area contributed by atoms with Crippen LogP contribution in [-0.2, 0) is 4.79 Å². The van der Waals surface area contributed by atoms with Crippen LogP contribution in [0.25, 0.3) is 0 Å². The van der Waals surface area contributed by atoms with Crippen LogP contribution in [0.4, 0.5) is 0 Å². The van der Waals surface area contributed by atoms with Crippen LogP contribution in [-0.4, -0.2) is 61.5 Å². The number of hydrogen-bond donors (Lipinski definition) is 1. The molecule has 0 spiro atoms. The Kier molecular flexibility index (Phi) is 2.51. The van der Waals surface area contributed by atoms with Gasteiger partial charge in [-0.15, -0.1) is 0 Å². The molecular weight excluding hydrogens is 166 g/mol.